The van der Waals surface area contributed by atoms with Gasteiger partial charge < -0.3 is 14.2 Å². The van der Waals surface area contributed by atoms with Crippen molar-refractivity contribution in [3.8, 4) is 0 Å². The third kappa shape index (κ3) is 2.81. The zero-order valence-electron chi connectivity index (χ0n) is 12.9. The number of ether oxygens (including phenoxy) is 3. The molecule has 0 aromatic rings. The lowest BCUT2D eigenvalue weighted by Crippen LogP contribution is -2.35. The first-order valence-electron chi connectivity index (χ1n) is 7.23. The van der Waals surface area contributed by atoms with Crippen LogP contribution in [0.2, 0.25) is 0 Å². The standard InChI is InChI=1S/C15H22O6/c1-9(2)6-19-7-11-5-15(12(17)20-11)8-14(4,10(3)16)21-13(15)18/h9,11H,5-8H2,1-4H3/t11-,14-,15+/m0/s1. The van der Waals surface area contributed by atoms with E-state index in [9.17, 15) is 14.4 Å². The molecule has 2 saturated heterocycles. The quantitative estimate of drug-likeness (QED) is 0.561. The van der Waals surface area contributed by atoms with Crippen molar-refractivity contribution in [2.24, 2.45) is 11.3 Å². The lowest BCUT2D eigenvalue weighted by Gasteiger charge is -2.18. The molecule has 2 aliphatic heterocycles. The number of hydrogen-bond acceptors (Lipinski definition) is 6. The van der Waals surface area contributed by atoms with Gasteiger partial charge in [-0.3, -0.25) is 14.4 Å². The molecule has 0 amide bonds. The minimum atomic E-state index is -1.34. The molecule has 0 saturated carbocycles. The zero-order chi connectivity index (χ0) is 15.8. The van der Waals surface area contributed by atoms with E-state index in [1.165, 1.54) is 13.8 Å². The van der Waals surface area contributed by atoms with Gasteiger partial charge in [0.05, 0.1) is 6.61 Å². The Morgan fingerprint density at radius 3 is 2.57 bits per heavy atom. The van der Waals surface area contributed by atoms with E-state index in [-0.39, 0.29) is 25.2 Å². The van der Waals surface area contributed by atoms with Crippen molar-refractivity contribution in [2.45, 2.75) is 52.2 Å². The predicted octanol–water partition coefficient (Wildman–Crippen LogP) is 1.26. The highest BCUT2D eigenvalue weighted by molar-refractivity contribution is 6.06. The van der Waals surface area contributed by atoms with Crippen LogP contribution in [0.4, 0.5) is 0 Å². The Hall–Kier alpha value is -1.43. The van der Waals surface area contributed by atoms with Gasteiger partial charge in [-0.05, 0) is 19.8 Å². The molecule has 0 aromatic carbocycles. The molecule has 2 fully saturated rings. The van der Waals surface area contributed by atoms with E-state index in [1.54, 1.807) is 0 Å². The van der Waals surface area contributed by atoms with E-state index in [1.807, 2.05) is 13.8 Å². The Kier molecular flexibility index (Phi) is 4.10. The molecule has 6 nitrogen and oxygen atoms in total. The van der Waals surface area contributed by atoms with Crippen LogP contribution in [-0.2, 0) is 28.6 Å². The van der Waals surface area contributed by atoms with Crippen LogP contribution < -0.4 is 0 Å². The van der Waals surface area contributed by atoms with Gasteiger partial charge in [0.15, 0.2) is 16.8 Å². The zero-order valence-corrected chi connectivity index (χ0v) is 12.9. The fourth-order valence-electron chi connectivity index (χ4n) is 2.80. The first-order valence-corrected chi connectivity index (χ1v) is 7.23. The highest BCUT2D eigenvalue weighted by Crippen LogP contribution is 2.49. The van der Waals surface area contributed by atoms with E-state index in [0.29, 0.717) is 12.5 Å². The van der Waals surface area contributed by atoms with Crippen LogP contribution in [0, 0.1) is 11.3 Å². The second-order valence-electron chi connectivity index (χ2n) is 6.60. The van der Waals surface area contributed by atoms with Gasteiger partial charge in [-0.1, -0.05) is 13.8 Å². The normalized spacial score (nSPS) is 35.4. The monoisotopic (exact) mass is 298 g/mol. The molecule has 0 radical (unpaired) electrons. The van der Waals surface area contributed by atoms with Crippen molar-refractivity contribution in [1.82, 2.24) is 0 Å². The highest BCUT2D eigenvalue weighted by atomic mass is 16.6. The van der Waals surface area contributed by atoms with Crippen molar-refractivity contribution in [2.75, 3.05) is 13.2 Å². The topological polar surface area (TPSA) is 78.9 Å². The number of cyclic esters (lactones) is 2. The molecule has 21 heavy (non-hydrogen) atoms. The maximum atomic E-state index is 12.1. The fraction of sp³-hybridized carbons (Fsp3) is 0.800. The lowest BCUT2D eigenvalue weighted by molar-refractivity contribution is -0.162. The second-order valence-corrected chi connectivity index (χ2v) is 6.60. The lowest BCUT2D eigenvalue weighted by atomic mass is 9.77. The van der Waals surface area contributed by atoms with E-state index in [2.05, 4.69) is 0 Å². The van der Waals surface area contributed by atoms with Crippen LogP contribution in [0.3, 0.4) is 0 Å². The van der Waals surface area contributed by atoms with E-state index < -0.39 is 29.1 Å². The van der Waals surface area contributed by atoms with E-state index >= 15 is 0 Å². The number of hydrogen-bond donors (Lipinski definition) is 0. The van der Waals surface area contributed by atoms with Crippen LogP contribution in [0.15, 0.2) is 0 Å². The van der Waals surface area contributed by atoms with Crippen LogP contribution in [-0.4, -0.2) is 42.6 Å². The Balaban J connectivity index is 2.05. The molecule has 0 N–H and O–H groups in total. The summed E-state index contributed by atoms with van der Waals surface area (Å²) in [6.45, 7) is 7.77. The average Bonchev–Trinajstić information content (AvgIpc) is 2.79. The summed E-state index contributed by atoms with van der Waals surface area (Å²) in [5.41, 5.74) is -2.57. The molecule has 0 aromatic heterocycles. The van der Waals surface area contributed by atoms with Gasteiger partial charge in [0.25, 0.3) is 0 Å². The van der Waals surface area contributed by atoms with E-state index in [4.69, 9.17) is 14.2 Å². The molecule has 1 spiro atoms. The second kappa shape index (κ2) is 5.40. The maximum absolute atomic E-state index is 12.1. The largest absolute Gasteiger partial charge is 0.459 e. The van der Waals surface area contributed by atoms with Gasteiger partial charge in [-0.25, -0.2) is 0 Å². The van der Waals surface area contributed by atoms with Crippen LogP contribution in [0.1, 0.15) is 40.5 Å². The van der Waals surface area contributed by atoms with Gasteiger partial charge in [0.2, 0.25) is 0 Å². The third-order valence-corrected chi connectivity index (χ3v) is 4.09. The first kappa shape index (κ1) is 15.9. The summed E-state index contributed by atoms with van der Waals surface area (Å²) in [7, 11) is 0. The fourth-order valence-corrected chi connectivity index (χ4v) is 2.80. The summed E-state index contributed by atoms with van der Waals surface area (Å²) in [6, 6.07) is 0. The minimum absolute atomic E-state index is 0.0493. The average molecular weight is 298 g/mol. The molecule has 0 aliphatic carbocycles. The molecule has 2 rings (SSSR count). The molecule has 118 valence electrons. The molecule has 2 heterocycles. The third-order valence-electron chi connectivity index (χ3n) is 4.09. The number of ketones is 1. The summed E-state index contributed by atoms with van der Waals surface area (Å²) >= 11 is 0. The van der Waals surface area contributed by atoms with Gasteiger partial charge in [-0.15, -0.1) is 0 Å². The SMILES string of the molecule is CC(=O)[C@]1(C)C[C@@]2(C[C@@H](COCC(C)C)OC2=O)C(=O)O1. The van der Waals surface area contributed by atoms with Gasteiger partial charge in [-0.2, -0.15) is 0 Å². The first-order chi connectivity index (χ1) is 9.69. The maximum Gasteiger partial charge on any atom is 0.324 e. The molecule has 2 aliphatic rings. The Bertz CT molecular complexity index is 471. The van der Waals surface area contributed by atoms with Crippen molar-refractivity contribution < 1.29 is 28.6 Å². The Labute approximate surface area is 124 Å². The van der Waals surface area contributed by atoms with Gasteiger partial charge in [0, 0.05) is 19.4 Å². The van der Waals surface area contributed by atoms with E-state index in [0.717, 1.165) is 0 Å². The Morgan fingerprint density at radius 2 is 2.05 bits per heavy atom. The summed E-state index contributed by atoms with van der Waals surface area (Å²) in [5, 5.41) is 0. The smallest absolute Gasteiger partial charge is 0.324 e. The van der Waals surface area contributed by atoms with Crippen molar-refractivity contribution in [3.05, 3.63) is 0 Å². The number of rotatable bonds is 5. The summed E-state index contributed by atoms with van der Waals surface area (Å²) < 4.78 is 15.9. The molecular formula is C15H22O6. The molecular weight excluding hydrogens is 276 g/mol. The van der Waals surface area contributed by atoms with Crippen LogP contribution >= 0.6 is 0 Å². The number of carbonyl (C=O) groups is 3. The molecule has 6 heteroatoms. The molecule has 0 bridgehead atoms. The minimum Gasteiger partial charge on any atom is -0.459 e. The number of esters is 2. The Morgan fingerprint density at radius 1 is 1.38 bits per heavy atom. The van der Waals surface area contributed by atoms with Gasteiger partial charge >= 0.3 is 11.9 Å². The molecule has 0 unspecified atom stereocenters. The van der Waals surface area contributed by atoms with Crippen molar-refractivity contribution in [1.29, 1.82) is 0 Å². The van der Waals surface area contributed by atoms with Crippen molar-refractivity contribution in [3.63, 3.8) is 0 Å². The van der Waals surface area contributed by atoms with Crippen molar-refractivity contribution >= 4 is 17.7 Å². The van der Waals surface area contributed by atoms with Crippen LogP contribution in [0.5, 0.6) is 0 Å². The predicted molar refractivity (Wildman–Crippen MR) is 72.4 cm³/mol. The van der Waals surface area contributed by atoms with Crippen LogP contribution in [0.25, 0.3) is 0 Å². The number of Topliss-reactive ketones (excluding diaryl/α,β-unsaturated/α-hetero) is 1. The summed E-state index contributed by atoms with van der Waals surface area (Å²) in [4.78, 5) is 35.9. The highest BCUT2D eigenvalue weighted by Gasteiger charge is 2.65. The molecule has 3 atom stereocenters. The number of carbonyl (C=O) groups excluding carboxylic acids is 3. The summed E-state index contributed by atoms with van der Waals surface area (Å²) in [5.74, 6) is -1.14. The van der Waals surface area contributed by atoms with Gasteiger partial charge in [0.1, 0.15) is 6.10 Å². The summed E-state index contributed by atoms with van der Waals surface area (Å²) in [6.07, 6.45) is -0.197.